The Balaban J connectivity index is 1.35. The van der Waals surface area contributed by atoms with Crippen LogP contribution in [0.5, 0.6) is 11.8 Å². The van der Waals surface area contributed by atoms with E-state index in [1.165, 1.54) is 30.3 Å². The van der Waals surface area contributed by atoms with E-state index in [-0.39, 0.29) is 41.5 Å². The zero-order valence-corrected chi connectivity index (χ0v) is 23.4. The number of phenols is 1. The third-order valence-electron chi connectivity index (χ3n) is 7.77. The Hall–Kier alpha value is -5.76. The van der Waals surface area contributed by atoms with E-state index in [9.17, 15) is 19.1 Å². The summed E-state index contributed by atoms with van der Waals surface area (Å²) in [4.78, 5) is 32.9. The highest BCUT2D eigenvalue weighted by Crippen LogP contribution is 2.41. The number of carbonyl (C=O) groups is 2. The molecule has 0 atom stereocenters. The van der Waals surface area contributed by atoms with Gasteiger partial charge < -0.3 is 9.84 Å². The monoisotopic (exact) mass is 583 g/mol. The molecule has 0 saturated heterocycles. The number of imidazole rings is 1. The molecule has 7 rings (SSSR count). The fourth-order valence-corrected chi connectivity index (χ4v) is 5.62. The Morgan fingerprint density at radius 1 is 0.727 bits per heavy atom. The highest BCUT2D eigenvalue weighted by molar-refractivity contribution is 6.24. The molecule has 1 aliphatic heterocycles. The molecule has 0 aliphatic carbocycles. The Bertz CT molecular complexity index is 1950. The maximum absolute atomic E-state index is 13.6. The molecular formula is C36H26FN3O4. The first-order chi connectivity index (χ1) is 21.5. The number of aromatic nitrogens is 2. The minimum absolute atomic E-state index is 0.0562. The van der Waals surface area contributed by atoms with Crippen LogP contribution in [-0.2, 0) is 13.1 Å². The summed E-state index contributed by atoms with van der Waals surface area (Å²) < 4.78 is 21.8. The molecule has 2 heterocycles. The van der Waals surface area contributed by atoms with Crippen LogP contribution in [0.1, 0.15) is 49.1 Å². The minimum Gasteiger partial charge on any atom is -0.505 e. The van der Waals surface area contributed by atoms with Crippen molar-refractivity contribution in [1.82, 2.24) is 14.5 Å². The number of phenolic OH excluding ortho intramolecular Hbond substituents is 1. The van der Waals surface area contributed by atoms with E-state index >= 15 is 0 Å². The lowest BCUT2D eigenvalue weighted by molar-refractivity contribution is 0.0641. The van der Waals surface area contributed by atoms with E-state index in [0.29, 0.717) is 11.1 Å². The standard InChI is InChI=1S/C36H26FN3O4/c37-27-18-16-24(17-19-27)22-40-34(42)28-20-29-31(32(41)30(28)35(40)43)39(21-23-10-4-1-5-11-23)36(38-29)44-33(25-12-6-2-7-13-25)26-14-8-3-9-15-26/h1-20,33,41H,21-22H2. The van der Waals surface area contributed by atoms with E-state index < -0.39 is 23.7 Å². The molecule has 0 unspecified atom stereocenters. The van der Waals surface area contributed by atoms with Crippen molar-refractivity contribution in [2.45, 2.75) is 19.2 Å². The fraction of sp³-hybridized carbons (Fsp3) is 0.0833. The summed E-state index contributed by atoms with van der Waals surface area (Å²) in [7, 11) is 0. The van der Waals surface area contributed by atoms with Crippen molar-refractivity contribution in [1.29, 1.82) is 0 Å². The normalized spacial score (nSPS) is 12.7. The van der Waals surface area contributed by atoms with Gasteiger partial charge in [0.25, 0.3) is 17.8 Å². The van der Waals surface area contributed by atoms with Gasteiger partial charge in [0.2, 0.25) is 0 Å². The number of fused-ring (bicyclic) bond motifs is 2. The summed E-state index contributed by atoms with van der Waals surface area (Å²) in [6, 6.07) is 36.5. The Morgan fingerprint density at radius 2 is 1.30 bits per heavy atom. The minimum atomic E-state index is -0.630. The van der Waals surface area contributed by atoms with E-state index in [2.05, 4.69) is 0 Å². The molecular weight excluding hydrogens is 557 g/mol. The molecule has 0 fully saturated rings. The highest BCUT2D eigenvalue weighted by atomic mass is 19.1. The number of hydrogen-bond donors (Lipinski definition) is 1. The lowest BCUT2D eigenvalue weighted by atomic mass is 10.0. The number of rotatable bonds is 8. The van der Waals surface area contributed by atoms with Gasteiger partial charge in [0.15, 0.2) is 11.9 Å². The third kappa shape index (κ3) is 4.86. The second-order valence-electron chi connectivity index (χ2n) is 10.6. The zero-order valence-electron chi connectivity index (χ0n) is 23.4. The molecule has 0 radical (unpaired) electrons. The summed E-state index contributed by atoms with van der Waals surface area (Å²) >= 11 is 0. The molecule has 6 aromatic rings. The van der Waals surface area contributed by atoms with Crippen LogP contribution in [0.3, 0.4) is 0 Å². The van der Waals surface area contributed by atoms with Crippen LogP contribution in [0, 0.1) is 5.82 Å². The van der Waals surface area contributed by atoms with Crippen LogP contribution < -0.4 is 4.74 Å². The van der Waals surface area contributed by atoms with Gasteiger partial charge in [-0.2, -0.15) is 4.98 Å². The molecule has 0 saturated carbocycles. The lowest BCUT2D eigenvalue weighted by Gasteiger charge is -2.20. The number of amides is 2. The second-order valence-corrected chi connectivity index (χ2v) is 10.6. The Morgan fingerprint density at radius 3 is 1.91 bits per heavy atom. The van der Waals surface area contributed by atoms with Gasteiger partial charge in [-0.15, -0.1) is 0 Å². The molecule has 0 spiro atoms. The third-order valence-corrected chi connectivity index (χ3v) is 7.77. The van der Waals surface area contributed by atoms with Crippen molar-refractivity contribution in [2.24, 2.45) is 0 Å². The molecule has 216 valence electrons. The van der Waals surface area contributed by atoms with E-state index in [4.69, 9.17) is 9.72 Å². The molecule has 1 aromatic heterocycles. The van der Waals surface area contributed by atoms with Crippen LogP contribution in [0.15, 0.2) is 121 Å². The van der Waals surface area contributed by atoms with Crippen molar-refractivity contribution < 1.29 is 23.8 Å². The second kappa shape index (κ2) is 11.1. The van der Waals surface area contributed by atoms with Crippen LogP contribution in [0.4, 0.5) is 4.39 Å². The number of nitrogens with zero attached hydrogens (tertiary/aromatic N) is 3. The van der Waals surface area contributed by atoms with Crippen molar-refractivity contribution in [3.63, 3.8) is 0 Å². The van der Waals surface area contributed by atoms with Gasteiger partial charge in [-0.05, 0) is 40.5 Å². The van der Waals surface area contributed by atoms with Crippen molar-refractivity contribution in [3.05, 3.63) is 161 Å². The maximum Gasteiger partial charge on any atom is 0.298 e. The Labute approximate surface area is 252 Å². The molecule has 44 heavy (non-hydrogen) atoms. The first-order valence-corrected chi connectivity index (χ1v) is 14.1. The Kier molecular flexibility index (Phi) is 6.86. The van der Waals surface area contributed by atoms with E-state index in [0.717, 1.165) is 21.6 Å². The van der Waals surface area contributed by atoms with Gasteiger partial charge in [-0.1, -0.05) is 103 Å². The van der Waals surface area contributed by atoms with Crippen molar-refractivity contribution in [2.75, 3.05) is 0 Å². The highest BCUT2D eigenvalue weighted by Gasteiger charge is 2.40. The number of benzene rings is 5. The number of carbonyl (C=O) groups excluding carboxylic acids is 2. The first kappa shape index (κ1) is 27.1. The number of aromatic hydroxyl groups is 1. The molecule has 7 nitrogen and oxygen atoms in total. The van der Waals surface area contributed by atoms with Gasteiger partial charge in [0, 0.05) is 0 Å². The van der Waals surface area contributed by atoms with E-state index in [1.54, 1.807) is 4.57 Å². The summed E-state index contributed by atoms with van der Waals surface area (Å²) in [6.07, 6.45) is -0.521. The first-order valence-electron chi connectivity index (χ1n) is 14.1. The molecule has 0 bridgehead atoms. The average Bonchev–Trinajstić information content (AvgIpc) is 3.51. The molecule has 2 amide bonds. The van der Waals surface area contributed by atoms with Crippen LogP contribution in [-0.4, -0.2) is 31.4 Å². The number of imide groups is 1. The van der Waals surface area contributed by atoms with Gasteiger partial charge in [-0.25, -0.2) is 4.39 Å². The smallest absolute Gasteiger partial charge is 0.298 e. The predicted molar refractivity (Wildman–Crippen MR) is 163 cm³/mol. The van der Waals surface area contributed by atoms with Gasteiger partial charge in [0.05, 0.1) is 29.7 Å². The van der Waals surface area contributed by atoms with Crippen LogP contribution >= 0.6 is 0 Å². The number of halogens is 1. The topological polar surface area (TPSA) is 84.7 Å². The molecule has 1 aliphatic rings. The van der Waals surface area contributed by atoms with Gasteiger partial charge >= 0.3 is 0 Å². The van der Waals surface area contributed by atoms with Crippen LogP contribution in [0.2, 0.25) is 0 Å². The summed E-state index contributed by atoms with van der Waals surface area (Å²) in [5.41, 5.74) is 3.89. The zero-order chi connectivity index (χ0) is 30.2. The summed E-state index contributed by atoms with van der Waals surface area (Å²) in [5.74, 6) is -1.94. The van der Waals surface area contributed by atoms with Crippen molar-refractivity contribution in [3.8, 4) is 11.8 Å². The lowest BCUT2D eigenvalue weighted by Crippen LogP contribution is -2.29. The fourth-order valence-electron chi connectivity index (χ4n) is 5.62. The largest absolute Gasteiger partial charge is 0.505 e. The molecule has 5 aromatic carbocycles. The number of ether oxygens (including phenoxy) is 1. The van der Waals surface area contributed by atoms with Crippen molar-refractivity contribution >= 4 is 22.8 Å². The quantitative estimate of drug-likeness (QED) is 0.197. The number of hydrogen-bond acceptors (Lipinski definition) is 5. The van der Waals surface area contributed by atoms with Gasteiger partial charge in [0.1, 0.15) is 11.3 Å². The van der Waals surface area contributed by atoms with Gasteiger partial charge in [-0.3, -0.25) is 19.1 Å². The summed E-state index contributed by atoms with van der Waals surface area (Å²) in [6.45, 7) is 0.231. The maximum atomic E-state index is 13.6. The van der Waals surface area contributed by atoms with Crippen LogP contribution in [0.25, 0.3) is 11.0 Å². The SMILES string of the molecule is O=C1c2cc3nc(OC(c4ccccc4)c4ccccc4)n(Cc4ccccc4)c3c(O)c2C(=O)N1Cc1ccc(F)cc1. The average molecular weight is 584 g/mol. The summed E-state index contributed by atoms with van der Waals surface area (Å²) in [5, 5.41) is 11.7. The molecule has 8 heteroatoms. The predicted octanol–water partition coefficient (Wildman–Crippen LogP) is 6.89. The van der Waals surface area contributed by atoms with E-state index in [1.807, 2.05) is 91.0 Å². The molecule has 1 N–H and O–H groups in total.